The Morgan fingerprint density at radius 3 is 2.88 bits per heavy atom. The predicted molar refractivity (Wildman–Crippen MR) is 90.1 cm³/mol. The van der Waals surface area contributed by atoms with E-state index in [1.807, 2.05) is 11.0 Å². The van der Waals surface area contributed by atoms with Gasteiger partial charge in [0.05, 0.1) is 17.3 Å². The van der Waals surface area contributed by atoms with Gasteiger partial charge in [0.2, 0.25) is 5.91 Å². The molecule has 2 saturated heterocycles. The Labute approximate surface area is 141 Å². The maximum Gasteiger partial charge on any atom is 0.224 e. The third-order valence-electron chi connectivity index (χ3n) is 7.08. The normalized spacial score (nSPS) is 40.2. The molecular weight excluding hydrogens is 304 g/mol. The van der Waals surface area contributed by atoms with E-state index >= 15 is 0 Å². The van der Waals surface area contributed by atoms with Crippen LogP contribution in [0.2, 0.25) is 0 Å². The number of hydrogen-bond donors (Lipinski definition) is 2. The first-order valence-electron chi connectivity index (χ1n) is 9.08. The number of fused-ring (bicyclic) bond motifs is 1. The van der Waals surface area contributed by atoms with E-state index in [2.05, 4.69) is 11.0 Å². The zero-order valence-corrected chi connectivity index (χ0v) is 14.0. The van der Waals surface area contributed by atoms with Crippen molar-refractivity contribution in [3.8, 4) is 5.75 Å². The lowest BCUT2D eigenvalue weighted by Gasteiger charge is -2.56. The molecule has 0 radical (unpaired) electrons. The van der Waals surface area contributed by atoms with Crippen molar-refractivity contribution in [3.63, 3.8) is 0 Å². The molecule has 1 saturated carbocycles. The molecule has 5 rings (SSSR count). The molecule has 2 N–H and O–H groups in total. The van der Waals surface area contributed by atoms with E-state index in [1.54, 1.807) is 13.0 Å². The number of hydrogen-bond acceptors (Lipinski definition) is 4. The minimum Gasteiger partial charge on any atom is -0.506 e. The summed E-state index contributed by atoms with van der Waals surface area (Å²) in [4.78, 5) is 16.7. The van der Waals surface area contributed by atoms with Crippen molar-refractivity contribution in [2.75, 3.05) is 18.0 Å². The first kappa shape index (κ1) is 14.7. The number of phenolic OH excluding ortho intramolecular Hbond substituents is 1. The Kier molecular flexibility index (Phi) is 2.78. The second-order valence-corrected chi connectivity index (χ2v) is 8.05. The van der Waals surface area contributed by atoms with Crippen molar-refractivity contribution in [2.24, 2.45) is 0 Å². The van der Waals surface area contributed by atoms with Gasteiger partial charge in [0.1, 0.15) is 5.75 Å². The number of carbonyl (C=O) groups is 1. The van der Waals surface area contributed by atoms with Gasteiger partial charge in [-0.15, -0.1) is 0 Å². The molecule has 24 heavy (non-hydrogen) atoms. The van der Waals surface area contributed by atoms with E-state index in [-0.39, 0.29) is 29.2 Å². The quantitative estimate of drug-likeness (QED) is 0.762. The number of phenols is 1. The van der Waals surface area contributed by atoms with Crippen LogP contribution >= 0.6 is 0 Å². The number of carbonyl (C=O) groups excluding carboxylic acids is 1. The van der Waals surface area contributed by atoms with Crippen molar-refractivity contribution in [2.45, 2.75) is 62.1 Å². The van der Waals surface area contributed by atoms with Gasteiger partial charge in [0.25, 0.3) is 0 Å². The standard InChI is InChI=1S/C19H24N2O3/c1-12(22)21-15-6-8-18(24)7-3-10-20-11-9-19(15,17(18)20)13-4-2-5-14(23)16(13)21/h2,4-5,15,17,23-24H,3,6-11H2,1H3/t15-,17-,18+,19-/m1/s1. The van der Waals surface area contributed by atoms with Gasteiger partial charge >= 0.3 is 0 Å². The number of anilines is 1. The number of benzene rings is 1. The second kappa shape index (κ2) is 4.52. The van der Waals surface area contributed by atoms with E-state index in [0.29, 0.717) is 5.69 Å². The Morgan fingerprint density at radius 2 is 2.08 bits per heavy atom. The van der Waals surface area contributed by atoms with Crippen LogP contribution in [0.15, 0.2) is 18.2 Å². The van der Waals surface area contributed by atoms with Crippen molar-refractivity contribution in [3.05, 3.63) is 23.8 Å². The van der Waals surface area contributed by atoms with Crippen molar-refractivity contribution < 1.29 is 15.0 Å². The van der Waals surface area contributed by atoms with Crippen molar-refractivity contribution >= 4 is 11.6 Å². The van der Waals surface area contributed by atoms with E-state index in [4.69, 9.17) is 0 Å². The highest BCUT2D eigenvalue weighted by Crippen LogP contribution is 2.63. The van der Waals surface area contributed by atoms with E-state index in [9.17, 15) is 15.0 Å². The molecule has 1 spiro atoms. The monoisotopic (exact) mass is 328 g/mol. The fourth-order valence-corrected chi connectivity index (χ4v) is 6.47. The molecule has 1 aromatic rings. The van der Waals surface area contributed by atoms with Crippen LogP contribution < -0.4 is 4.90 Å². The van der Waals surface area contributed by atoms with Gasteiger partial charge < -0.3 is 15.1 Å². The lowest BCUT2D eigenvalue weighted by atomic mass is 9.57. The molecule has 0 bridgehead atoms. The number of piperidine rings is 1. The first-order chi connectivity index (χ1) is 11.5. The SMILES string of the molecule is CC(=O)N1c2c(O)cccc2[C@]23CCN4CCC[C@](O)(CC[C@@H]12)[C@@H]43. The van der Waals surface area contributed by atoms with Crippen LogP contribution in [0.5, 0.6) is 5.75 Å². The molecule has 0 unspecified atom stereocenters. The van der Waals surface area contributed by atoms with Crippen LogP contribution in [0, 0.1) is 0 Å². The molecule has 1 aliphatic carbocycles. The van der Waals surface area contributed by atoms with E-state index in [0.717, 1.165) is 50.8 Å². The Balaban J connectivity index is 1.78. The highest BCUT2D eigenvalue weighted by atomic mass is 16.3. The summed E-state index contributed by atoms with van der Waals surface area (Å²) in [5, 5.41) is 21.9. The summed E-state index contributed by atoms with van der Waals surface area (Å²) >= 11 is 0. The van der Waals surface area contributed by atoms with Gasteiger partial charge in [-0.1, -0.05) is 12.1 Å². The largest absolute Gasteiger partial charge is 0.506 e. The van der Waals surface area contributed by atoms with Gasteiger partial charge in [-0.2, -0.15) is 0 Å². The zero-order valence-electron chi connectivity index (χ0n) is 14.0. The molecule has 3 heterocycles. The molecular formula is C19H24N2O3. The van der Waals surface area contributed by atoms with Gasteiger partial charge in [-0.3, -0.25) is 9.69 Å². The zero-order chi connectivity index (χ0) is 16.7. The summed E-state index contributed by atoms with van der Waals surface area (Å²) in [7, 11) is 0. The topological polar surface area (TPSA) is 64.0 Å². The first-order valence-corrected chi connectivity index (χ1v) is 9.08. The van der Waals surface area contributed by atoms with Gasteiger partial charge in [0.15, 0.2) is 0 Å². The Bertz CT molecular complexity index is 735. The van der Waals surface area contributed by atoms with E-state index in [1.165, 1.54) is 0 Å². The summed E-state index contributed by atoms with van der Waals surface area (Å²) in [5.41, 5.74) is 0.843. The number of nitrogens with zero attached hydrogens (tertiary/aromatic N) is 2. The smallest absolute Gasteiger partial charge is 0.224 e. The Hall–Kier alpha value is -1.59. The maximum atomic E-state index is 12.5. The third-order valence-corrected chi connectivity index (χ3v) is 7.08. The minimum absolute atomic E-state index is 0.0145. The molecule has 1 aromatic carbocycles. The average molecular weight is 328 g/mol. The van der Waals surface area contributed by atoms with Crippen LogP contribution in [0.4, 0.5) is 5.69 Å². The lowest BCUT2D eigenvalue weighted by Crippen LogP contribution is -2.68. The molecule has 5 nitrogen and oxygen atoms in total. The van der Waals surface area contributed by atoms with Crippen LogP contribution in [0.1, 0.15) is 44.6 Å². The summed E-state index contributed by atoms with van der Waals surface area (Å²) < 4.78 is 0. The molecule has 128 valence electrons. The van der Waals surface area contributed by atoms with Crippen molar-refractivity contribution in [1.82, 2.24) is 4.90 Å². The van der Waals surface area contributed by atoms with Crippen LogP contribution in [-0.4, -0.2) is 51.8 Å². The maximum absolute atomic E-state index is 12.5. The highest BCUT2D eigenvalue weighted by molar-refractivity contribution is 5.98. The number of aliphatic hydroxyl groups is 1. The van der Waals surface area contributed by atoms with Gasteiger partial charge in [-0.05, 0) is 56.8 Å². The molecule has 1 amide bonds. The number of amides is 1. The summed E-state index contributed by atoms with van der Waals surface area (Å²) in [6, 6.07) is 5.72. The van der Waals surface area contributed by atoms with Gasteiger partial charge in [-0.25, -0.2) is 0 Å². The van der Waals surface area contributed by atoms with E-state index < -0.39 is 5.60 Å². The van der Waals surface area contributed by atoms with Gasteiger partial charge in [0, 0.05) is 18.4 Å². The van der Waals surface area contributed by atoms with Crippen molar-refractivity contribution in [1.29, 1.82) is 0 Å². The lowest BCUT2D eigenvalue weighted by molar-refractivity contribution is -0.123. The molecule has 4 aliphatic rings. The highest BCUT2D eigenvalue weighted by Gasteiger charge is 2.69. The molecule has 3 aliphatic heterocycles. The summed E-state index contributed by atoms with van der Waals surface area (Å²) in [6.07, 6.45) is 4.37. The molecule has 4 atom stereocenters. The minimum atomic E-state index is -0.666. The molecule has 3 fully saturated rings. The number of para-hydroxylation sites is 1. The molecule has 0 aromatic heterocycles. The molecule has 5 heteroatoms. The summed E-state index contributed by atoms with van der Waals surface area (Å²) in [6.45, 7) is 3.57. The average Bonchev–Trinajstić information content (AvgIpc) is 3.07. The third kappa shape index (κ3) is 1.51. The summed E-state index contributed by atoms with van der Waals surface area (Å²) in [5.74, 6) is 0.170. The number of rotatable bonds is 0. The number of aromatic hydroxyl groups is 1. The predicted octanol–water partition coefficient (Wildman–Crippen LogP) is 1.76. The Morgan fingerprint density at radius 1 is 1.25 bits per heavy atom. The van der Waals surface area contributed by atoms with Crippen LogP contribution in [0.25, 0.3) is 0 Å². The second-order valence-electron chi connectivity index (χ2n) is 8.05. The fraction of sp³-hybridized carbons (Fsp3) is 0.632. The van der Waals surface area contributed by atoms with Crippen LogP contribution in [0.3, 0.4) is 0 Å². The van der Waals surface area contributed by atoms with Crippen LogP contribution in [-0.2, 0) is 10.2 Å². The fourth-order valence-electron chi connectivity index (χ4n) is 6.47.